The molecule has 4 rings (SSSR count). The molecule has 0 amide bonds. The number of anilines is 1. The van der Waals surface area contributed by atoms with Gasteiger partial charge >= 0.3 is 0 Å². The molecule has 0 saturated heterocycles. The Morgan fingerprint density at radius 2 is 1.56 bits per heavy atom. The number of phenols is 1. The van der Waals surface area contributed by atoms with Gasteiger partial charge in [0.05, 0.1) is 17.8 Å². The summed E-state index contributed by atoms with van der Waals surface area (Å²) in [5.41, 5.74) is 1.61. The maximum absolute atomic E-state index is 13.0. The van der Waals surface area contributed by atoms with Crippen LogP contribution in [0.25, 0.3) is 0 Å². The van der Waals surface area contributed by atoms with Crippen LogP contribution in [0, 0.1) is 11.6 Å². The smallest absolute Gasteiger partial charge is 0.123 e. The SMILES string of the molecule is CCC(O)c1ccc(F)cc1.Oc1ccc(OCC2CC=NN2c2ccc(F)cc2)cc1. The van der Waals surface area contributed by atoms with E-state index in [1.54, 1.807) is 48.5 Å². The number of ether oxygens (including phenoxy) is 1. The molecule has 5 nitrogen and oxygen atoms in total. The molecule has 0 radical (unpaired) electrons. The normalized spacial score (nSPS) is 15.8. The zero-order chi connectivity index (χ0) is 22.9. The van der Waals surface area contributed by atoms with Crippen LogP contribution >= 0.6 is 0 Å². The van der Waals surface area contributed by atoms with Gasteiger partial charge < -0.3 is 14.9 Å². The molecule has 2 unspecified atom stereocenters. The molecule has 1 aliphatic rings. The molecule has 32 heavy (non-hydrogen) atoms. The summed E-state index contributed by atoms with van der Waals surface area (Å²) in [7, 11) is 0. The van der Waals surface area contributed by atoms with Crippen molar-refractivity contribution in [1.82, 2.24) is 0 Å². The van der Waals surface area contributed by atoms with Crippen molar-refractivity contribution in [3.63, 3.8) is 0 Å². The van der Waals surface area contributed by atoms with Crippen LogP contribution in [0.3, 0.4) is 0 Å². The summed E-state index contributed by atoms with van der Waals surface area (Å²) < 4.78 is 31.1. The van der Waals surface area contributed by atoms with Crippen LogP contribution in [-0.4, -0.2) is 29.1 Å². The van der Waals surface area contributed by atoms with Crippen molar-refractivity contribution in [2.75, 3.05) is 11.6 Å². The number of rotatable bonds is 6. The van der Waals surface area contributed by atoms with E-state index in [0.717, 1.165) is 17.7 Å². The highest BCUT2D eigenvalue weighted by atomic mass is 19.1. The Bertz CT molecular complexity index is 993. The Labute approximate surface area is 186 Å². The summed E-state index contributed by atoms with van der Waals surface area (Å²) >= 11 is 0. The van der Waals surface area contributed by atoms with Gasteiger partial charge in [-0.25, -0.2) is 8.78 Å². The number of hydrazone groups is 1. The number of phenolic OH excluding ortho intramolecular Hbond substituents is 1. The van der Waals surface area contributed by atoms with Crippen LogP contribution in [0.4, 0.5) is 14.5 Å². The molecule has 7 heteroatoms. The monoisotopic (exact) mass is 440 g/mol. The van der Waals surface area contributed by atoms with E-state index in [1.165, 1.54) is 24.3 Å². The number of benzene rings is 3. The number of hydrogen-bond acceptors (Lipinski definition) is 5. The predicted molar refractivity (Wildman–Crippen MR) is 121 cm³/mol. The van der Waals surface area contributed by atoms with E-state index in [1.807, 2.05) is 18.1 Å². The minimum atomic E-state index is -0.462. The van der Waals surface area contributed by atoms with E-state index in [0.29, 0.717) is 18.8 Å². The molecule has 2 atom stereocenters. The molecule has 1 heterocycles. The topological polar surface area (TPSA) is 65.3 Å². The standard InChI is InChI=1S/C16H15FN2O2.C9H11FO/c17-12-1-3-13(4-2-12)19-14(9-10-18-19)11-21-16-7-5-15(20)6-8-16;1-2-9(11)7-3-5-8(10)6-4-7/h1-8,10,14,20H,9,11H2;3-6,9,11H,2H2,1H3. The van der Waals surface area contributed by atoms with Crippen molar-refractivity contribution in [3.8, 4) is 11.5 Å². The molecule has 0 aromatic heterocycles. The third-order valence-corrected chi connectivity index (χ3v) is 4.94. The fraction of sp³-hybridized carbons (Fsp3) is 0.240. The molecular formula is C25H26F2N2O3. The quantitative estimate of drug-likeness (QED) is 0.535. The first-order chi connectivity index (χ1) is 15.5. The lowest BCUT2D eigenvalue weighted by Gasteiger charge is -2.23. The molecule has 3 aromatic rings. The number of aliphatic hydroxyl groups is 1. The van der Waals surface area contributed by atoms with Crippen LogP contribution in [-0.2, 0) is 0 Å². The largest absolute Gasteiger partial charge is 0.508 e. The second-order valence-corrected chi connectivity index (χ2v) is 7.29. The highest BCUT2D eigenvalue weighted by Crippen LogP contribution is 2.24. The first kappa shape index (κ1) is 23.2. The fourth-order valence-electron chi connectivity index (χ4n) is 3.12. The van der Waals surface area contributed by atoms with Crippen molar-refractivity contribution < 1.29 is 23.7 Å². The van der Waals surface area contributed by atoms with Crippen molar-refractivity contribution in [2.24, 2.45) is 5.10 Å². The maximum atomic E-state index is 13.0. The van der Waals surface area contributed by atoms with Gasteiger partial charge in [-0.2, -0.15) is 5.10 Å². The lowest BCUT2D eigenvalue weighted by atomic mass is 10.1. The minimum absolute atomic E-state index is 0.0734. The zero-order valence-corrected chi connectivity index (χ0v) is 17.7. The summed E-state index contributed by atoms with van der Waals surface area (Å²) in [5.74, 6) is 0.370. The summed E-state index contributed by atoms with van der Waals surface area (Å²) in [4.78, 5) is 0. The number of halogens is 2. The highest BCUT2D eigenvalue weighted by Gasteiger charge is 2.23. The second kappa shape index (κ2) is 11.2. The molecule has 0 saturated carbocycles. The first-order valence-corrected chi connectivity index (χ1v) is 10.4. The molecule has 2 N–H and O–H groups in total. The van der Waals surface area contributed by atoms with Gasteiger partial charge in [-0.05, 0) is 72.6 Å². The first-order valence-electron chi connectivity index (χ1n) is 10.4. The maximum Gasteiger partial charge on any atom is 0.123 e. The van der Waals surface area contributed by atoms with Gasteiger partial charge in [-0.3, -0.25) is 5.01 Å². The Balaban J connectivity index is 0.000000222. The van der Waals surface area contributed by atoms with Crippen LogP contribution in [0.5, 0.6) is 11.5 Å². The summed E-state index contributed by atoms with van der Waals surface area (Å²) in [6.07, 6.45) is 2.80. The Hall–Kier alpha value is -3.45. The van der Waals surface area contributed by atoms with Crippen LogP contribution in [0.2, 0.25) is 0 Å². The van der Waals surface area contributed by atoms with Gasteiger partial charge in [0.2, 0.25) is 0 Å². The average Bonchev–Trinajstić information content (AvgIpc) is 3.28. The van der Waals surface area contributed by atoms with Crippen molar-refractivity contribution in [1.29, 1.82) is 0 Å². The molecule has 0 bridgehead atoms. The van der Waals surface area contributed by atoms with E-state index in [2.05, 4.69) is 5.10 Å². The van der Waals surface area contributed by atoms with E-state index in [4.69, 9.17) is 4.74 Å². The molecule has 1 aliphatic heterocycles. The number of aliphatic hydroxyl groups excluding tert-OH is 1. The van der Waals surface area contributed by atoms with Gasteiger partial charge in [-0.15, -0.1) is 0 Å². The zero-order valence-electron chi connectivity index (χ0n) is 17.7. The molecule has 3 aromatic carbocycles. The molecule has 0 fully saturated rings. The summed E-state index contributed by atoms with van der Waals surface area (Å²) in [6.45, 7) is 2.34. The van der Waals surface area contributed by atoms with Crippen LogP contribution < -0.4 is 9.75 Å². The average molecular weight is 440 g/mol. The number of aromatic hydroxyl groups is 1. The van der Waals surface area contributed by atoms with Crippen molar-refractivity contribution >= 4 is 11.9 Å². The molecular weight excluding hydrogens is 414 g/mol. The lowest BCUT2D eigenvalue weighted by Crippen LogP contribution is -2.32. The Morgan fingerprint density at radius 1 is 0.969 bits per heavy atom. The van der Waals surface area contributed by atoms with Gasteiger partial charge in [0.25, 0.3) is 0 Å². The van der Waals surface area contributed by atoms with E-state index in [-0.39, 0.29) is 23.4 Å². The highest BCUT2D eigenvalue weighted by molar-refractivity contribution is 5.66. The van der Waals surface area contributed by atoms with E-state index < -0.39 is 6.10 Å². The number of hydrogen-bond donors (Lipinski definition) is 2. The predicted octanol–water partition coefficient (Wildman–Crippen LogP) is 5.44. The number of nitrogens with zero attached hydrogens (tertiary/aromatic N) is 2. The van der Waals surface area contributed by atoms with Gasteiger partial charge in [0.15, 0.2) is 0 Å². The van der Waals surface area contributed by atoms with E-state index >= 15 is 0 Å². The van der Waals surface area contributed by atoms with Gasteiger partial charge in [0, 0.05) is 12.6 Å². The van der Waals surface area contributed by atoms with E-state index in [9.17, 15) is 19.0 Å². The van der Waals surface area contributed by atoms with Crippen molar-refractivity contribution in [2.45, 2.75) is 31.9 Å². The van der Waals surface area contributed by atoms with Crippen molar-refractivity contribution in [3.05, 3.63) is 90.0 Å². The third-order valence-electron chi connectivity index (χ3n) is 4.94. The third kappa shape index (κ3) is 6.52. The summed E-state index contributed by atoms with van der Waals surface area (Å²) in [5, 5.41) is 24.7. The van der Waals surface area contributed by atoms with Gasteiger partial charge in [0.1, 0.15) is 29.7 Å². The molecule has 168 valence electrons. The Kier molecular flexibility index (Phi) is 8.16. The Morgan fingerprint density at radius 3 is 2.16 bits per heavy atom. The second-order valence-electron chi connectivity index (χ2n) is 7.29. The minimum Gasteiger partial charge on any atom is -0.508 e. The lowest BCUT2D eigenvalue weighted by molar-refractivity contribution is 0.173. The van der Waals surface area contributed by atoms with Crippen LogP contribution in [0.15, 0.2) is 77.9 Å². The van der Waals surface area contributed by atoms with Crippen LogP contribution in [0.1, 0.15) is 31.4 Å². The summed E-state index contributed by atoms with van der Waals surface area (Å²) in [6, 6.07) is 18.8. The fourth-order valence-corrected chi connectivity index (χ4v) is 3.12. The van der Waals surface area contributed by atoms with Gasteiger partial charge in [-0.1, -0.05) is 19.1 Å². The molecule has 0 aliphatic carbocycles. The molecule has 0 spiro atoms.